The molecule has 2 rings (SSSR count). The Labute approximate surface area is 162 Å². The van der Waals surface area contributed by atoms with Crippen LogP contribution < -0.4 is 4.74 Å². The summed E-state index contributed by atoms with van der Waals surface area (Å²) in [5, 5.41) is 40.3. The molecule has 8 heteroatoms. The van der Waals surface area contributed by atoms with Crippen LogP contribution in [-0.4, -0.2) is 57.9 Å². The molecule has 0 spiro atoms. The first kappa shape index (κ1) is 21.2. The largest absolute Gasteiger partial charge is 0.507 e. The quantitative estimate of drug-likeness (QED) is 0.422. The Morgan fingerprint density at radius 3 is 2.59 bits per heavy atom. The Morgan fingerprint density at radius 2 is 1.93 bits per heavy atom. The summed E-state index contributed by atoms with van der Waals surface area (Å²) >= 11 is 6.28. The number of phenolic OH excluding ortho intramolecular Hbond substituents is 1. The Hall–Kier alpha value is -2.06. The van der Waals surface area contributed by atoms with Gasteiger partial charge in [-0.1, -0.05) is 35.9 Å². The summed E-state index contributed by atoms with van der Waals surface area (Å²) in [6.07, 6.45) is 1.55. The standard InChI is InChI=1S/C19H23ClO7/c1-10-5-3-7-12(21)18(24)13(22)8-4-6-11-16(19(25)27-10)14(23)9-15(26-2)17(11)20/h3-4,6-7,9-10,12-13,18,21-24H,5,8H2,1-2H3/b6-4-,7-3-/t10-,12+,13-,18+/m0/s1. The molecule has 1 aromatic rings. The van der Waals surface area contributed by atoms with E-state index < -0.39 is 30.4 Å². The van der Waals surface area contributed by atoms with Crippen LogP contribution in [-0.2, 0) is 4.74 Å². The van der Waals surface area contributed by atoms with Crippen LogP contribution in [0.4, 0.5) is 0 Å². The van der Waals surface area contributed by atoms with E-state index in [1.54, 1.807) is 13.0 Å². The summed E-state index contributed by atoms with van der Waals surface area (Å²) in [5.41, 5.74) is 0.0422. The molecule has 1 aliphatic rings. The molecule has 0 fully saturated rings. The van der Waals surface area contributed by atoms with E-state index in [9.17, 15) is 25.2 Å². The van der Waals surface area contributed by atoms with E-state index >= 15 is 0 Å². The molecule has 7 nitrogen and oxygen atoms in total. The Bertz CT molecular complexity index is 744. The van der Waals surface area contributed by atoms with Crippen LogP contribution in [0.1, 0.15) is 35.7 Å². The molecule has 148 valence electrons. The number of benzene rings is 1. The number of methoxy groups -OCH3 is 1. The van der Waals surface area contributed by atoms with Gasteiger partial charge in [-0.25, -0.2) is 4.79 Å². The van der Waals surface area contributed by atoms with Crippen LogP contribution in [0, 0.1) is 0 Å². The number of esters is 1. The zero-order valence-corrected chi connectivity index (χ0v) is 15.8. The maximum absolute atomic E-state index is 12.6. The number of aromatic hydroxyl groups is 1. The zero-order valence-electron chi connectivity index (χ0n) is 15.0. The highest BCUT2D eigenvalue weighted by Crippen LogP contribution is 2.38. The van der Waals surface area contributed by atoms with Crippen molar-refractivity contribution in [2.75, 3.05) is 7.11 Å². The smallest absolute Gasteiger partial charge is 0.342 e. The SMILES string of the molecule is COc1cc(O)c2c(c1Cl)/C=C\C[C@H](O)[C@H](O)[C@H](O)/C=C\C[C@H](C)OC2=O. The minimum Gasteiger partial charge on any atom is -0.507 e. The normalized spacial score (nSPS) is 29.2. The third-order valence-corrected chi connectivity index (χ3v) is 4.58. The fourth-order valence-corrected chi connectivity index (χ4v) is 2.95. The van der Waals surface area contributed by atoms with Gasteiger partial charge < -0.3 is 29.9 Å². The highest BCUT2D eigenvalue weighted by atomic mass is 35.5. The summed E-state index contributed by atoms with van der Waals surface area (Å²) in [5.74, 6) is -0.957. The van der Waals surface area contributed by atoms with E-state index in [0.29, 0.717) is 0 Å². The minimum absolute atomic E-state index is 0.0226. The number of hydrogen-bond acceptors (Lipinski definition) is 7. The number of carbonyl (C=O) groups is 1. The van der Waals surface area contributed by atoms with Gasteiger partial charge >= 0.3 is 5.97 Å². The van der Waals surface area contributed by atoms with Crippen molar-refractivity contribution in [1.82, 2.24) is 0 Å². The Kier molecular flexibility index (Phi) is 7.26. The molecule has 0 radical (unpaired) electrons. The minimum atomic E-state index is -1.39. The summed E-state index contributed by atoms with van der Waals surface area (Å²) in [6.45, 7) is 1.64. The molecule has 0 aliphatic carbocycles. The second-order valence-electron chi connectivity index (χ2n) is 6.27. The summed E-state index contributed by atoms with van der Waals surface area (Å²) in [6, 6.07) is 1.22. The fourth-order valence-electron chi connectivity index (χ4n) is 2.67. The van der Waals surface area contributed by atoms with Crippen molar-refractivity contribution in [3.63, 3.8) is 0 Å². The first-order valence-electron chi connectivity index (χ1n) is 8.44. The van der Waals surface area contributed by atoms with Gasteiger partial charge in [-0.15, -0.1) is 0 Å². The van der Waals surface area contributed by atoms with Crippen LogP contribution in [0.5, 0.6) is 11.5 Å². The number of hydrogen-bond donors (Lipinski definition) is 4. The second kappa shape index (κ2) is 9.23. The number of ether oxygens (including phenoxy) is 2. The molecule has 0 bridgehead atoms. The average molecular weight is 399 g/mol. The van der Waals surface area contributed by atoms with Crippen LogP contribution >= 0.6 is 11.6 Å². The lowest BCUT2D eigenvalue weighted by molar-refractivity contribution is -0.0394. The zero-order chi connectivity index (χ0) is 20.1. The predicted octanol–water partition coefficient (Wildman–Crippen LogP) is 2.05. The number of cyclic esters (lactones) is 1. The highest BCUT2D eigenvalue weighted by molar-refractivity contribution is 6.34. The molecule has 0 amide bonds. The van der Waals surface area contributed by atoms with E-state index in [1.165, 1.54) is 31.4 Å². The Morgan fingerprint density at radius 1 is 1.22 bits per heavy atom. The van der Waals surface area contributed by atoms with Gasteiger partial charge in [0.25, 0.3) is 0 Å². The number of phenols is 1. The molecule has 1 heterocycles. The maximum atomic E-state index is 12.6. The van der Waals surface area contributed by atoms with Crippen LogP contribution in [0.25, 0.3) is 6.08 Å². The number of fused-ring (bicyclic) bond motifs is 1. The van der Waals surface area contributed by atoms with Crippen molar-refractivity contribution in [3.8, 4) is 11.5 Å². The molecule has 4 N–H and O–H groups in total. The van der Waals surface area contributed by atoms with E-state index in [-0.39, 0.29) is 40.5 Å². The van der Waals surface area contributed by atoms with Crippen LogP contribution in [0.2, 0.25) is 5.02 Å². The molecule has 1 aliphatic heterocycles. The van der Waals surface area contributed by atoms with Crippen LogP contribution in [0.3, 0.4) is 0 Å². The number of halogens is 1. The number of carbonyl (C=O) groups excluding carboxylic acids is 1. The van der Waals surface area contributed by atoms with Gasteiger partial charge in [0.15, 0.2) is 0 Å². The summed E-state index contributed by atoms with van der Waals surface area (Å²) in [7, 11) is 1.37. The summed E-state index contributed by atoms with van der Waals surface area (Å²) < 4.78 is 10.4. The van der Waals surface area contributed by atoms with Crippen LogP contribution in [0.15, 0.2) is 24.3 Å². The third kappa shape index (κ3) is 5.01. The fraction of sp³-hybridized carbons (Fsp3) is 0.421. The van der Waals surface area contributed by atoms with Gasteiger partial charge in [-0.2, -0.15) is 0 Å². The van der Waals surface area contributed by atoms with Gasteiger partial charge in [0.05, 0.1) is 18.2 Å². The van der Waals surface area contributed by atoms with Crippen molar-refractivity contribution in [2.24, 2.45) is 0 Å². The first-order chi connectivity index (χ1) is 12.8. The van der Waals surface area contributed by atoms with Crippen molar-refractivity contribution in [1.29, 1.82) is 0 Å². The maximum Gasteiger partial charge on any atom is 0.342 e. The number of rotatable bonds is 1. The van der Waals surface area contributed by atoms with Gasteiger partial charge in [-0.05, 0) is 13.3 Å². The van der Waals surface area contributed by atoms with Gasteiger partial charge in [0.1, 0.15) is 35.4 Å². The molecule has 4 atom stereocenters. The molecular weight excluding hydrogens is 376 g/mol. The molecule has 0 saturated carbocycles. The second-order valence-corrected chi connectivity index (χ2v) is 6.64. The average Bonchev–Trinajstić information content (AvgIpc) is 2.62. The van der Waals surface area contributed by atoms with E-state index in [4.69, 9.17) is 21.1 Å². The number of aliphatic hydroxyl groups excluding tert-OH is 3. The molecular formula is C19H23ClO7. The van der Waals surface area contributed by atoms with Crippen molar-refractivity contribution < 1.29 is 34.7 Å². The molecule has 1 aromatic carbocycles. The Balaban J connectivity index is 2.52. The molecule has 0 saturated heterocycles. The van der Waals surface area contributed by atoms with E-state index in [1.807, 2.05) is 0 Å². The molecule has 0 unspecified atom stereocenters. The molecule has 0 aromatic heterocycles. The van der Waals surface area contributed by atoms with Crippen molar-refractivity contribution in [3.05, 3.63) is 40.4 Å². The van der Waals surface area contributed by atoms with E-state index in [2.05, 4.69) is 0 Å². The lowest BCUT2D eigenvalue weighted by atomic mass is 10.0. The predicted molar refractivity (Wildman–Crippen MR) is 100.0 cm³/mol. The van der Waals surface area contributed by atoms with Crippen molar-refractivity contribution in [2.45, 2.75) is 44.2 Å². The first-order valence-corrected chi connectivity index (χ1v) is 8.81. The van der Waals surface area contributed by atoms with Crippen molar-refractivity contribution >= 4 is 23.6 Å². The lowest BCUT2D eigenvalue weighted by Gasteiger charge is -2.21. The summed E-state index contributed by atoms with van der Waals surface area (Å²) in [4.78, 5) is 12.6. The topological polar surface area (TPSA) is 116 Å². The highest BCUT2D eigenvalue weighted by Gasteiger charge is 2.25. The van der Waals surface area contributed by atoms with E-state index in [0.717, 1.165) is 0 Å². The molecule has 27 heavy (non-hydrogen) atoms. The number of aliphatic hydroxyl groups is 3. The van der Waals surface area contributed by atoms with Gasteiger partial charge in [0.2, 0.25) is 0 Å². The lowest BCUT2D eigenvalue weighted by Crippen LogP contribution is -2.35. The van der Waals surface area contributed by atoms with Gasteiger partial charge in [-0.3, -0.25) is 0 Å². The van der Waals surface area contributed by atoms with Gasteiger partial charge in [0, 0.05) is 18.1 Å². The third-order valence-electron chi connectivity index (χ3n) is 4.19. The monoisotopic (exact) mass is 398 g/mol.